The lowest BCUT2D eigenvalue weighted by Gasteiger charge is -2.16. The Hall–Kier alpha value is -1.52. The van der Waals surface area contributed by atoms with Crippen LogP contribution in [0.15, 0.2) is 6.20 Å². The molecule has 0 saturated carbocycles. The standard InChI is InChI=1S/C7H9N3O2/c11-7(12)6-9-4-5-8-2-1-3-10(5)6/h4,8H,1-3H2,(H,11,12). The van der Waals surface area contributed by atoms with Crippen molar-refractivity contribution in [3.05, 3.63) is 12.0 Å². The highest BCUT2D eigenvalue weighted by Crippen LogP contribution is 2.15. The summed E-state index contributed by atoms with van der Waals surface area (Å²) in [6, 6.07) is 0. The predicted molar refractivity (Wildman–Crippen MR) is 42.3 cm³/mol. The van der Waals surface area contributed by atoms with Gasteiger partial charge < -0.3 is 15.0 Å². The van der Waals surface area contributed by atoms with Crippen LogP contribution in [0.5, 0.6) is 0 Å². The number of imidazole rings is 1. The number of aromatic nitrogens is 2. The number of anilines is 1. The van der Waals surface area contributed by atoms with Gasteiger partial charge in [-0.15, -0.1) is 0 Å². The van der Waals surface area contributed by atoms with Gasteiger partial charge in [0.05, 0.1) is 6.20 Å². The molecule has 0 unspecified atom stereocenters. The van der Waals surface area contributed by atoms with Gasteiger partial charge in [-0.05, 0) is 6.42 Å². The first-order valence-electron chi connectivity index (χ1n) is 3.82. The molecule has 64 valence electrons. The topological polar surface area (TPSA) is 67.1 Å². The Morgan fingerprint density at radius 2 is 2.58 bits per heavy atom. The largest absolute Gasteiger partial charge is 0.475 e. The number of rotatable bonds is 1. The summed E-state index contributed by atoms with van der Waals surface area (Å²) < 4.78 is 1.69. The first-order chi connectivity index (χ1) is 5.79. The minimum atomic E-state index is -0.968. The lowest BCUT2D eigenvalue weighted by atomic mass is 10.3. The molecule has 0 spiro atoms. The molecule has 1 aliphatic heterocycles. The van der Waals surface area contributed by atoms with Crippen LogP contribution >= 0.6 is 0 Å². The van der Waals surface area contributed by atoms with Crippen molar-refractivity contribution in [2.24, 2.45) is 0 Å². The van der Waals surface area contributed by atoms with Crippen molar-refractivity contribution in [1.29, 1.82) is 0 Å². The van der Waals surface area contributed by atoms with E-state index in [0.29, 0.717) is 0 Å². The van der Waals surface area contributed by atoms with Gasteiger partial charge in [0, 0.05) is 13.1 Å². The second-order valence-electron chi connectivity index (χ2n) is 2.70. The van der Waals surface area contributed by atoms with Crippen molar-refractivity contribution >= 4 is 11.8 Å². The van der Waals surface area contributed by atoms with Gasteiger partial charge in [0.15, 0.2) is 0 Å². The molecule has 1 aliphatic rings. The van der Waals surface area contributed by atoms with Gasteiger partial charge >= 0.3 is 5.97 Å². The average molecular weight is 167 g/mol. The van der Waals surface area contributed by atoms with Crippen LogP contribution in [0.25, 0.3) is 0 Å². The zero-order valence-corrected chi connectivity index (χ0v) is 6.45. The van der Waals surface area contributed by atoms with Crippen LogP contribution < -0.4 is 5.32 Å². The van der Waals surface area contributed by atoms with Crippen molar-refractivity contribution in [1.82, 2.24) is 9.55 Å². The second kappa shape index (κ2) is 2.51. The van der Waals surface area contributed by atoms with Crippen molar-refractivity contribution in [3.63, 3.8) is 0 Å². The molecule has 0 radical (unpaired) electrons. The number of hydrogen-bond donors (Lipinski definition) is 2. The number of carboxylic acid groups (broad SMARTS) is 1. The maximum Gasteiger partial charge on any atom is 0.372 e. The summed E-state index contributed by atoms with van der Waals surface area (Å²) in [6.45, 7) is 1.63. The summed E-state index contributed by atoms with van der Waals surface area (Å²) in [5.74, 6) is -0.0409. The fraction of sp³-hybridized carbons (Fsp3) is 0.429. The van der Waals surface area contributed by atoms with Crippen LogP contribution in [-0.4, -0.2) is 27.2 Å². The minimum Gasteiger partial charge on any atom is -0.475 e. The van der Waals surface area contributed by atoms with E-state index in [1.54, 1.807) is 10.8 Å². The van der Waals surface area contributed by atoms with E-state index in [4.69, 9.17) is 5.11 Å². The zero-order chi connectivity index (χ0) is 8.55. The lowest BCUT2D eigenvalue weighted by Crippen LogP contribution is -2.20. The van der Waals surface area contributed by atoms with Gasteiger partial charge in [-0.3, -0.25) is 0 Å². The molecule has 0 atom stereocenters. The molecule has 1 aromatic heterocycles. The van der Waals surface area contributed by atoms with Gasteiger partial charge in [-0.25, -0.2) is 9.78 Å². The first kappa shape index (κ1) is 7.15. The highest BCUT2D eigenvalue weighted by Gasteiger charge is 2.17. The highest BCUT2D eigenvalue weighted by atomic mass is 16.4. The van der Waals surface area contributed by atoms with Gasteiger partial charge in [0.25, 0.3) is 0 Å². The average Bonchev–Trinajstić information content (AvgIpc) is 2.47. The molecule has 2 N–H and O–H groups in total. The molecular formula is C7H9N3O2. The quantitative estimate of drug-likeness (QED) is 0.635. The SMILES string of the molecule is O=C(O)c1ncc2n1CCCN2. The normalized spacial score (nSPS) is 15.0. The molecule has 0 fully saturated rings. The minimum absolute atomic E-state index is 0.122. The van der Waals surface area contributed by atoms with Crippen molar-refractivity contribution in [3.8, 4) is 0 Å². The maximum atomic E-state index is 10.6. The van der Waals surface area contributed by atoms with Crippen molar-refractivity contribution in [2.75, 3.05) is 11.9 Å². The summed E-state index contributed by atoms with van der Waals surface area (Å²) in [5.41, 5.74) is 0. The molecule has 2 heterocycles. The molecule has 1 aromatic rings. The summed E-state index contributed by atoms with van der Waals surface area (Å²) in [5, 5.41) is 11.8. The summed E-state index contributed by atoms with van der Waals surface area (Å²) in [7, 11) is 0. The van der Waals surface area contributed by atoms with E-state index >= 15 is 0 Å². The number of nitrogens with one attached hydrogen (secondary N) is 1. The molecule has 0 saturated heterocycles. The Morgan fingerprint density at radius 1 is 1.75 bits per heavy atom. The Morgan fingerprint density at radius 3 is 3.33 bits per heavy atom. The molecule has 5 heteroatoms. The van der Waals surface area contributed by atoms with Crippen LogP contribution in [0.2, 0.25) is 0 Å². The number of carboxylic acids is 1. The molecule has 0 aliphatic carbocycles. The Labute approximate surface area is 69.0 Å². The number of hydrogen-bond acceptors (Lipinski definition) is 3. The Bertz CT molecular complexity index is 318. The lowest BCUT2D eigenvalue weighted by molar-refractivity contribution is 0.0678. The Kier molecular flexibility index (Phi) is 1.49. The number of fused-ring (bicyclic) bond motifs is 1. The fourth-order valence-corrected chi connectivity index (χ4v) is 1.37. The molecule has 12 heavy (non-hydrogen) atoms. The predicted octanol–water partition coefficient (Wildman–Crippen LogP) is 0.397. The van der Waals surface area contributed by atoms with Crippen molar-refractivity contribution < 1.29 is 9.90 Å². The molecule has 0 bridgehead atoms. The van der Waals surface area contributed by atoms with E-state index in [1.165, 1.54) is 0 Å². The number of carbonyl (C=O) groups is 1. The monoisotopic (exact) mass is 167 g/mol. The molecule has 5 nitrogen and oxygen atoms in total. The van der Waals surface area contributed by atoms with Gasteiger partial charge in [-0.1, -0.05) is 0 Å². The van der Waals surface area contributed by atoms with Gasteiger partial charge in [0.1, 0.15) is 5.82 Å². The first-order valence-corrected chi connectivity index (χ1v) is 3.82. The Balaban J connectivity index is 2.44. The van der Waals surface area contributed by atoms with E-state index in [1.807, 2.05) is 0 Å². The maximum absolute atomic E-state index is 10.6. The number of aromatic carboxylic acids is 1. The summed E-state index contributed by atoms with van der Waals surface area (Å²) >= 11 is 0. The van der Waals surface area contributed by atoms with E-state index in [-0.39, 0.29) is 5.82 Å². The third-order valence-corrected chi connectivity index (χ3v) is 1.91. The van der Waals surface area contributed by atoms with Crippen molar-refractivity contribution in [2.45, 2.75) is 13.0 Å². The fourth-order valence-electron chi connectivity index (χ4n) is 1.37. The molecular weight excluding hydrogens is 158 g/mol. The van der Waals surface area contributed by atoms with E-state index < -0.39 is 5.97 Å². The van der Waals surface area contributed by atoms with E-state index in [2.05, 4.69) is 10.3 Å². The van der Waals surface area contributed by atoms with Crippen LogP contribution in [0, 0.1) is 0 Å². The smallest absolute Gasteiger partial charge is 0.372 e. The summed E-state index contributed by atoms with van der Waals surface area (Å²) in [4.78, 5) is 14.4. The third kappa shape index (κ3) is 0.939. The number of nitrogens with zero attached hydrogens (tertiary/aromatic N) is 2. The van der Waals surface area contributed by atoms with Crippen LogP contribution in [0.4, 0.5) is 5.82 Å². The molecule has 0 amide bonds. The van der Waals surface area contributed by atoms with E-state index in [9.17, 15) is 4.79 Å². The van der Waals surface area contributed by atoms with Crippen LogP contribution in [-0.2, 0) is 6.54 Å². The third-order valence-electron chi connectivity index (χ3n) is 1.91. The van der Waals surface area contributed by atoms with Crippen LogP contribution in [0.1, 0.15) is 17.0 Å². The van der Waals surface area contributed by atoms with E-state index in [0.717, 1.165) is 25.3 Å². The van der Waals surface area contributed by atoms with Crippen LogP contribution in [0.3, 0.4) is 0 Å². The highest BCUT2D eigenvalue weighted by molar-refractivity contribution is 5.84. The molecule has 2 rings (SSSR count). The van der Waals surface area contributed by atoms with Gasteiger partial charge in [0.2, 0.25) is 5.82 Å². The zero-order valence-electron chi connectivity index (χ0n) is 6.45. The van der Waals surface area contributed by atoms with Gasteiger partial charge in [-0.2, -0.15) is 0 Å². The second-order valence-corrected chi connectivity index (χ2v) is 2.70. The molecule has 0 aromatic carbocycles. The summed E-state index contributed by atoms with van der Waals surface area (Å²) in [6.07, 6.45) is 2.51.